The molecule has 1 aromatic carbocycles. The van der Waals surface area contributed by atoms with Crippen LogP contribution in [0.2, 0.25) is 0 Å². The summed E-state index contributed by atoms with van der Waals surface area (Å²) in [6.07, 6.45) is 3.97. The highest BCUT2D eigenvalue weighted by atomic mass is 32.1. The number of nitrogens with zero attached hydrogens (tertiary/aromatic N) is 1. The number of thiol groups is 1. The molecule has 0 spiro atoms. The molecule has 2 heteroatoms. The van der Waals surface area contributed by atoms with Crippen LogP contribution in [0.25, 0.3) is 0 Å². The molecule has 1 aromatic rings. The van der Waals surface area contributed by atoms with E-state index in [4.69, 9.17) is 0 Å². The van der Waals surface area contributed by atoms with E-state index < -0.39 is 0 Å². The van der Waals surface area contributed by atoms with Crippen molar-refractivity contribution in [2.45, 2.75) is 26.2 Å². The Hall–Kier alpha value is -0.470. The van der Waals surface area contributed by atoms with Gasteiger partial charge >= 0.3 is 0 Å². The molecule has 1 unspecified atom stereocenters. The smallest absolute Gasteiger partial charge is 0.00148 e. The molecule has 1 fully saturated rings. The van der Waals surface area contributed by atoms with Crippen LogP contribution < -0.4 is 0 Å². The van der Waals surface area contributed by atoms with Crippen LogP contribution in [-0.4, -0.2) is 30.3 Å². The topological polar surface area (TPSA) is 3.24 Å². The number of likely N-dealkylation sites (tertiary alicyclic amines) is 1. The Kier molecular flexibility index (Phi) is 5.58. The average Bonchev–Trinajstić information content (AvgIpc) is 2.42. The van der Waals surface area contributed by atoms with Gasteiger partial charge in [0, 0.05) is 6.54 Å². The van der Waals surface area contributed by atoms with Crippen LogP contribution in [0.1, 0.15) is 25.3 Å². The summed E-state index contributed by atoms with van der Waals surface area (Å²) in [7, 11) is 0. The van der Waals surface area contributed by atoms with Gasteiger partial charge in [-0.1, -0.05) is 37.3 Å². The van der Waals surface area contributed by atoms with Crippen LogP contribution in [-0.2, 0) is 6.42 Å². The lowest BCUT2D eigenvalue weighted by Gasteiger charge is -2.33. The Bertz CT molecular complexity index is 330. The SMILES string of the molecule is CC(CS)CN1CCC(Cc2ccccc2)CC1. The van der Waals surface area contributed by atoms with Crippen LogP contribution in [0.4, 0.5) is 0 Å². The third-order valence-electron chi connectivity index (χ3n) is 3.96. The molecule has 1 aliphatic heterocycles. The van der Waals surface area contributed by atoms with Crippen molar-refractivity contribution >= 4 is 12.6 Å². The molecule has 1 nitrogen and oxygen atoms in total. The third-order valence-corrected chi connectivity index (χ3v) is 4.58. The van der Waals surface area contributed by atoms with Crippen molar-refractivity contribution in [3.63, 3.8) is 0 Å². The zero-order valence-electron chi connectivity index (χ0n) is 11.4. The second-order valence-electron chi connectivity index (χ2n) is 5.72. The summed E-state index contributed by atoms with van der Waals surface area (Å²) in [6, 6.07) is 10.9. The molecule has 18 heavy (non-hydrogen) atoms. The number of piperidine rings is 1. The molecular weight excluding hydrogens is 238 g/mol. The summed E-state index contributed by atoms with van der Waals surface area (Å²) in [5, 5.41) is 0. The second-order valence-corrected chi connectivity index (χ2v) is 6.09. The van der Waals surface area contributed by atoms with Crippen LogP contribution in [0.5, 0.6) is 0 Å². The molecule has 0 aliphatic carbocycles. The fourth-order valence-electron chi connectivity index (χ4n) is 2.82. The van der Waals surface area contributed by atoms with E-state index in [-0.39, 0.29) is 0 Å². The van der Waals surface area contributed by atoms with Crippen molar-refractivity contribution < 1.29 is 0 Å². The van der Waals surface area contributed by atoms with Gasteiger partial charge in [0.15, 0.2) is 0 Å². The molecule has 1 saturated heterocycles. The first-order valence-corrected chi connectivity index (χ1v) is 7.78. The summed E-state index contributed by atoms with van der Waals surface area (Å²) in [5.74, 6) is 2.61. The predicted molar refractivity (Wildman–Crippen MR) is 82.3 cm³/mol. The van der Waals surface area contributed by atoms with Gasteiger partial charge in [-0.2, -0.15) is 12.6 Å². The van der Waals surface area contributed by atoms with Crippen LogP contribution >= 0.6 is 12.6 Å². The van der Waals surface area contributed by atoms with Crippen molar-refractivity contribution in [3.05, 3.63) is 35.9 Å². The largest absolute Gasteiger partial charge is 0.303 e. The quantitative estimate of drug-likeness (QED) is 0.796. The minimum atomic E-state index is 0.721. The van der Waals surface area contributed by atoms with Gasteiger partial charge in [-0.3, -0.25) is 0 Å². The summed E-state index contributed by atoms with van der Waals surface area (Å²) in [6.45, 7) is 6.07. The number of hydrogen-bond acceptors (Lipinski definition) is 2. The third kappa shape index (κ3) is 4.33. The zero-order chi connectivity index (χ0) is 12.8. The molecule has 0 radical (unpaired) electrons. The Morgan fingerprint density at radius 1 is 1.22 bits per heavy atom. The molecule has 2 rings (SSSR count). The molecule has 1 atom stereocenters. The van der Waals surface area contributed by atoms with E-state index in [2.05, 4.69) is 54.8 Å². The fraction of sp³-hybridized carbons (Fsp3) is 0.625. The zero-order valence-corrected chi connectivity index (χ0v) is 12.3. The second kappa shape index (κ2) is 7.20. The van der Waals surface area contributed by atoms with E-state index in [0.717, 1.165) is 17.6 Å². The van der Waals surface area contributed by atoms with Crippen molar-refractivity contribution in [1.82, 2.24) is 4.90 Å². The van der Waals surface area contributed by atoms with Gasteiger partial charge in [0.1, 0.15) is 0 Å². The van der Waals surface area contributed by atoms with E-state index in [1.165, 1.54) is 44.5 Å². The van der Waals surface area contributed by atoms with Crippen LogP contribution in [0.3, 0.4) is 0 Å². The van der Waals surface area contributed by atoms with E-state index >= 15 is 0 Å². The first kappa shape index (κ1) is 14.0. The Balaban J connectivity index is 1.73. The minimum absolute atomic E-state index is 0.721. The molecule has 0 bridgehead atoms. The molecule has 0 N–H and O–H groups in total. The van der Waals surface area contributed by atoms with Crippen LogP contribution in [0, 0.1) is 11.8 Å². The lowest BCUT2D eigenvalue weighted by Crippen LogP contribution is -2.37. The van der Waals surface area contributed by atoms with Gasteiger partial charge in [-0.15, -0.1) is 0 Å². The Morgan fingerprint density at radius 3 is 2.50 bits per heavy atom. The standard InChI is InChI=1S/C16H25NS/c1-14(13-18)12-17-9-7-16(8-10-17)11-15-5-3-2-4-6-15/h2-6,14,16,18H,7-13H2,1H3. The van der Waals surface area contributed by atoms with Crippen molar-refractivity contribution in [2.24, 2.45) is 11.8 Å². The predicted octanol–water partition coefficient (Wildman–Crippen LogP) is 3.51. The number of hydrogen-bond donors (Lipinski definition) is 1. The Labute approximate surface area is 117 Å². The number of benzene rings is 1. The lowest BCUT2D eigenvalue weighted by molar-refractivity contribution is 0.168. The van der Waals surface area contributed by atoms with E-state index in [1.807, 2.05) is 0 Å². The monoisotopic (exact) mass is 263 g/mol. The van der Waals surface area contributed by atoms with Crippen LogP contribution in [0.15, 0.2) is 30.3 Å². The maximum absolute atomic E-state index is 4.37. The van der Waals surface area contributed by atoms with Gasteiger partial charge in [0.25, 0.3) is 0 Å². The first-order chi connectivity index (χ1) is 8.78. The molecule has 100 valence electrons. The molecule has 0 amide bonds. The van der Waals surface area contributed by atoms with E-state index in [1.54, 1.807) is 0 Å². The van der Waals surface area contributed by atoms with Crippen molar-refractivity contribution in [1.29, 1.82) is 0 Å². The van der Waals surface area contributed by atoms with Crippen molar-refractivity contribution in [3.8, 4) is 0 Å². The summed E-state index contributed by atoms with van der Waals surface area (Å²) >= 11 is 4.37. The van der Waals surface area contributed by atoms with Gasteiger partial charge < -0.3 is 4.90 Å². The first-order valence-electron chi connectivity index (χ1n) is 7.15. The minimum Gasteiger partial charge on any atom is -0.303 e. The lowest BCUT2D eigenvalue weighted by atomic mass is 9.90. The molecule has 1 aliphatic rings. The average molecular weight is 263 g/mol. The van der Waals surface area contributed by atoms with Gasteiger partial charge in [0.2, 0.25) is 0 Å². The number of rotatable bonds is 5. The Morgan fingerprint density at radius 2 is 1.89 bits per heavy atom. The van der Waals surface area contributed by atoms with E-state index in [0.29, 0.717) is 0 Å². The maximum atomic E-state index is 4.37. The summed E-state index contributed by atoms with van der Waals surface area (Å²) in [5.41, 5.74) is 1.50. The molecule has 1 heterocycles. The highest BCUT2D eigenvalue weighted by Crippen LogP contribution is 2.22. The van der Waals surface area contributed by atoms with Gasteiger partial charge in [0.05, 0.1) is 0 Å². The normalized spacial score (nSPS) is 19.9. The fourth-order valence-corrected chi connectivity index (χ4v) is 2.93. The summed E-state index contributed by atoms with van der Waals surface area (Å²) in [4.78, 5) is 2.61. The molecule has 0 aromatic heterocycles. The molecular formula is C16H25NS. The highest BCUT2D eigenvalue weighted by molar-refractivity contribution is 7.80. The highest BCUT2D eigenvalue weighted by Gasteiger charge is 2.20. The van der Waals surface area contributed by atoms with Gasteiger partial charge in [-0.25, -0.2) is 0 Å². The maximum Gasteiger partial charge on any atom is 0.00148 e. The molecule has 0 saturated carbocycles. The summed E-state index contributed by atoms with van der Waals surface area (Å²) < 4.78 is 0. The van der Waals surface area contributed by atoms with E-state index in [9.17, 15) is 0 Å². The van der Waals surface area contributed by atoms with Gasteiger partial charge in [-0.05, 0) is 55.5 Å². The van der Waals surface area contributed by atoms with Crippen molar-refractivity contribution in [2.75, 3.05) is 25.4 Å².